The maximum Gasteiger partial charge on any atom is 0.251 e. The molecule has 0 atom stereocenters. The Balaban J connectivity index is 1.65. The van der Waals surface area contributed by atoms with Crippen LogP contribution in [0.1, 0.15) is 22.8 Å². The number of benzene rings is 1. The van der Waals surface area contributed by atoms with Gasteiger partial charge >= 0.3 is 0 Å². The van der Waals surface area contributed by atoms with E-state index in [1.807, 2.05) is 19.1 Å². The number of carbonyl (C=O) groups is 1. The van der Waals surface area contributed by atoms with Crippen LogP contribution in [0.15, 0.2) is 42.6 Å². The van der Waals surface area contributed by atoms with Crippen LogP contribution in [0.4, 0.5) is 0 Å². The van der Waals surface area contributed by atoms with Gasteiger partial charge in [0.05, 0.1) is 6.61 Å². The lowest BCUT2D eigenvalue weighted by Gasteiger charge is -2.10. The van der Waals surface area contributed by atoms with Crippen molar-refractivity contribution in [1.82, 2.24) is 30.9 Å². The van der Waals surface area contributed by atoms with Crippen molar-refractivity contribution in [3.8, 4) is 17.3 Å². The highest BCUT2D eigenvalue weighted by Crippen LogP contribution is 2.16. The molecule has 1 aromatic carbocycles. The number of H-pyrrole nitrogens is 1. The van der Waals surface area contributed by atoms with E-state index in [1.165, 1.54) is 0 Å². The van der Waals surface area contributed by atoms with Crippen molar-refractivity contribution in [2.75, 3.05) is 6.61 Å². The van der Waals surface area contributed by atoms with E-state index in [0.29, 0.717) is 30.4 Å². The molecule has 0 saturated heterocycles. The molecule has 0 bridgehead atoms. The van der Waals surface area contributed by atoms with Crippen LogP contribution >= 0.6 is 0 Å². The number of tetrazole rings is 1. The fraction of sp³-hybridized carbons (Fsp3) is 0.188. The Kier molecular flexibility index (Phi) is 4.76. The van der Waals surface area contributed by atoms with Crippen LogP contribution in [-0.2, 0) is 6.54 Å². The van der Waals surface area contributed by atoms with Gasteiger partial charge in [0.15, 0.2) is 0 Å². The van der Waals surface area contributed by atoms with Crippen molar-refractivity contribution >= 4 is 5.91 Å². The van der Waals surface area contributed by atoms with Gasteiger partial charge in [-0.15, -0.1) is 10.2 Å². The Morgan fingerprint density at radius 3 is 2.79 bits per heavy atom. The third-order valence-corrected chi connectivity index (χ3v) is 3.32. The number of amides is 1. The van der Waals surface area contributed by atoms with Gasteiger partial charge in [0.25, 0.3) is 5.91 Å². The number of aromatic amines is 1. The number of hydrogen-bond donors (Lipinski definition) is 2. The van der Waals surface area contributed by atoms with Gasteiger partial charge in [-0.05, 0) is 30.3 Å². The Morgan fingerprint density at radius 1 is 1.25 bits per heavy atom. The summed E-state index contributed by atoms with van der Waals surface area (Å²) in [6.07, 6.45) is 1.66. The summed E-state index contributed by atoms with van der Waals surface area (Å²) in [6, 6.07) is 10.7. The van der Waals surface area contributed by atoms with Gasteiger partial charge in [-0.2, -0.15) is 5.21 Å². The van der Waals surface area contributed by atoms with Crippen LogP contribution < -0.4 is 10.1 Å². The number of nitrogens with zero attached hydrogens (tertiary/aromatic N) is 4. The highest BCUT2D eigenvalue weighted by atomic mass is 16.5. The highest BCUT2D eigenvalue weighted by Gasteiger charge is 2.10. The molecule has 2 N–H and O–H groups in total. The highest BCUT2D eigenvalue weighted by molar-refractivity contribution is 5.94. The van der Waals surface area contributed by atoms with Gasteiger partial charge in [0.2, 0.25) is 11.7 Å². The van der Waals surface area contributed by atoms with Crippen LogP contribution in [0.25, 0.3) is 11.4 Å². The Morgan fingerprint density at radius 2 is 2.08 bits per heavy atom. The molecule has 0 aliphatic heterocycles. The first kappa shape index (κ1) is 15.6. The van der Waals surface area contributed by atoms with E-state index in [0.717, 1.165) is 11.1 Å². The molecule has 3 aromatic rings. The topological polar surface area (TPSA) is 106 Å². The molecule has 2 heterocycles. The second-order valence-corrected chi connectivity index (χ2v) is 4.90. The van der Waals surface area contributed by atoms with E-state index in [9.17, 15) is 4.79 Å². The standard InChI is InChI=1S/C16H16N6O2/c1-2-24-16-13(4-3-9-17-16)10-18-15(23)12-7-5-11(6-8-12)14-19-21-22-20-14/h3-9H,2,10H2,1H3,(H,18,23)(H,19,20,21,22). The molecule has 8 nitrogen and oxygen atoms in total. The number of aromatic nitrogens is 5. The van der Waals surface area contributed by atoms with Crippen molar-refractivity contribution in [2.24, 2.45) is 0 Å². The maximum absolute atomic E-state index is 12.3. The van der Waals surface area contributed by atoms with Crippen molar-refractivity contribution in [1.29, 1.82) is 0 Å². The van der Waals surface area contributed by atoms with Gasteiger partial charge in [-0.1, -0.05) is 18.2 Å². The Hall–Kier alpha value is -3.29. The summed E-state index contributed by atoms with van der Waals surface area (Å²) in [7, 11) is 0. The minimum atomic E-state index is -0.180. The first-order valence-electron chi connectivity index (χ1n) is 7.46. The van der Waals surface area contributed by atoms with E-state index in [2.05, 4.69) is 30.9 Å². The van der Waals surface area contributed by atoms with Gasteiger partial charge in [0.1, 0.15) is 0 Å². The first-order valence-corrected chi connectivity index (χ1v) is 7.46. The molecule has 122 valence electrons. The summed E-state index contributed by atoms with van der Waals surface area (Å²) in [6.45, 7) is 2.76. The van der Waals surface area contributed by atoms with Gasteiger partial charge < -0.3 is 10.1 Å². The van der Waals surface area contributed by atoms with Crippen LogP contribution in [0.5, 0.6) is 5.88 Å². The average Bonchev–Trinajstić information content (AvgIpc) is 3.16. The lowest BCUT2D eigenvalue weighted by Crippen LogP contribution is -2.23. The Bertz CT molecular complexity index is 802. The van der Waals surface area contributed by atoms with E-state index < -0.39 is 0 Å². The molecule has 0 unspecified atom stereocenters. The van der Waals surface area contributed by atoms with Crippen LogP contribution in [-0.4, -0.2) is 38.1 Å². The third kappa shape index (κ3) is 3.54. The normalized spacial score (nSPS) is 10.4. The van der Waals surface area contributed by atoms with E-state index in [4.69, 9.17) is 4.74 Å². The third-order valence-electron chi connectivity index (χ3n) is 3.32. The minimum Gasteiger partial charge on any atom is -0.478 e. The van der Waals surface area contributed by atoms with E-state index >= 15 is 0 Å². The largest absolute Gasteiger partial charge is 0.478 e. The minimum absolute atomic E-state index is 0.180. The lowest BCUT2D eigenvalue weighted by atomic mass is 10.1. The quantitative estimate of drug-likeness (QED) is 0.713. The average molecular weight is 324 g/mol. The van der Waals surface area contributed by atoms with Crippen molar-refractivity contribution in [2.45, 2.75) is 13.5 Å². The zero-order valence-corrected chi connectivity index (χ0v) is 13.1. The zero-order valence-electron chi connectivity index (χ0n) is 13.1. The maximum atomic E-state index is 12.3. The number of rotatable bonds is 6. The van der Waals surface area contributed by atoms with Crippen molar-refractivity contribution < 1.29 is 9.53 Å². The number of hydrogen-bond acceptors (Lipinski definition) is 6. The number of ether oxygens (including phenoxy) is 1. The summed E-state index contributed by atoms with van der Waals surface area (Å²) in [5.41, 5.74) is 2.16. The molecular formula is C16H16N6O2. The van der Waals surface area contributed by atoms with Crippen molar-refractivity contribution in [3.63, 3.8) is 0 Å². The van der Waals surface area contributed by atoms with Crippen LogP contribution in [0, 0.1) is 0 Å². The first-order chi connectivity index (χ1) is 11.8. The molecule has 0 aliphatic rings. The molecule has 1 amide bonds. The van der Waals surface area contributed by atoms with E-state index in [-0.39, 0.29) is 5.91 Å². The molecule has 0 aliphatic carbocycles. The summed E-state index contributed by atoms with van der Waals surface area (Å²) in [5.74, 6) is 0.840. The molecule has 0 spiro atoms. The van der Waals surface area contributed by atoms with Gasteiger partial charge in [-0.25, -0.2) is 4.98 Å². The van der Waals surface area contributed by atoms with Gasteiger partial charge in [-0.3, -0.25) is 4.79 Å². The van der Waals surface area contributed by atoms with Crippen LogP contribution in [0.2, 0.25) is 0 Å². The Labute approximate surface area is 138 Å². The molecule has 0 radical (unpaired) electrons. The molecule has 0 saturated carbocycles. The van der Waals surface area contributed by atoms with Crippen molar-refractivity contribution in [3.05, 3.63) is 53.7 Å². The molecule has 24 heavy (non-hydrogen) atoms. The predicted molar refractivity (Wildman–Crippen MR) is 86.2 cm³/mol. The molecule has 2 aromatic heterocycles. The summed E-state index contributed by atoms with van der Waals surface area (Å²) in [5, 5.41) is 16.6. The monoisotopic (exact) mass is 324 g/mol. The predicted octanol–water partition coefficient (Wildman–Crippen LogP) is 1.59. The molecule has 8 heteroatoms. The zero-order chi connectivity index (χ0) is 16.8. The van der Waals surface area contributed by atoms with Crippen LogP contribution in [0.3, 0.4) is 0 Å². The number of nitrogens with one attached hydrogen (secondary N) is 2. The lowest BCUT2D eigenvalue weighted by molar-refractivity contribution is 0.0950. The van der Waals surface area contributed by atoms with E-state index in [1.54, 1.807) is 30.5 Å². The summed E-state index contributed by atoms with van der Waals surface area (Å²) < 4.78 is 5.45. The smallest absolute Gasteiger partial charge is 0.251 e. The molecule has 3 rings (SSSR count). The molecule has 0 fully saturated rings. The molecular weight excluding hydrogens is 308 g/mol. The fourth-order valence-electron chi connectivity index (χ4n) is 2.16. The number of carbonyl (C=O) groups excluding carboxylic acids is 1. The second-order valence-electron chi connectivity index (χ2n) is 4.90. The van der Waals surface area contributed by atoms with Gasteiger partial charge in [0, 0.05) is 29.4 Å². The number of pyridine rings is 1. The summed E-state index contributed by atoms with van der Waals surface area (Å²) in [4.78, 5) is 16.4. The fourth-order valence-corrected chi connectivity index (χ4v) is 2.16. The summed E-state index contributed by atoms with van der Waals surface area (Å²) >= 11 is 0. The SMILES string of the molecule is CCOc1ncccc1CNC(=O)c1ccc(-c2nn[nH]n2)cc1. The second kappa shape index (κ2) is 7.32.